The molecule has 0 fully saturated rings. The van der Waals surface area contributed by atoms with Gasteiger partial charge in [-0.2, -0.15) is 0 Å². The van der Waals surface area contributed by atoms with E-state index in [-0.39, 0.29) is 11.3 Å². The number of aromatic nitrogens is 1. The normalized spacial score (nSPS) is 11.1. The van der Waals surface area contributed by atoms with Gasteiger partial charge < -0.3 is 10.6 Å². The van der Waals surface area contributed by atoms with E-state index < -0.39 is 0 Å². The van der Waals surface area contributed by atoms with Gasteiger partial charge in [0.1, 0.15) is 5.82 Å². The molecule has 18 heavy (non-hydrogen) atoms. The Bertz CT molecular complexity index is 396. The molecule has 0 aliphatic rings. The topological polar surface area (TPSA) is 54.0 Å². The van der Waals surface area contributed by atoms with Crippen LogP contribution in [0.1, 0.15) is 44.5 Å². The largest absolute Gasteiger partial charge is 0.370 e. The fraction of sp³-hybridized carbons (Fsp3) is 0.571. The molecule has 1 rings (SSSR count). The van der Waals surface area contributed by atoms with E-state index in [9.17, 15) is 4.79 Å². The highest BCUT2D eigenvalue weighted by molar-refractivity contribution is 5.94. The molecule has 0 saturated heterocycles. The summed E-state index contributed by atoms with van der Waals surface area (Å²) in [5.74, 6) is 0.701. The maximum Gasteiger partial charge on any atom is 0.251 e. The van der Waals surface area contributed by atoms with Crippen LogP contribution in [-0.2, 0) is 0 Å². The van der Waals surface area contributed by atoms with Crippen molar-refractivity contribution >= 4 is 11.7 Å². The standard InChI is InChI=1S/C14H23N3O/c1-5-7-15-12-9-11(6-8-16-12)13(18)17-10-14(2,3)4/h6,8-9H,5,7,10H2,1-4H3,(H,15,16)(H,17,18). The molecule has 2 N–H and O–H groups in total. The third-order valence-corrected chi connectivity index (χ3v) is 2.36. The van der Waals surface area contributed by atoms with Gasteiger partial charge in [0.25, 0.3) is 5.91 Å². The van der Waals surface area contributed by atoms with E-state index in [4.69, 9.17) is 0 Å². The monoisotopic (exact) mass is 249 g/mol. The van der Waals surface area contributed by atoms with Crippen LogP contribution in [0, 0.1) is 5.41 Å². The molecule has 1 amide bonds. The van der Waals surface area contributed by atoms with Crippen molar-refractivity contribution in [2.75, 3.05) is 18.4 Å². The first-order valence-electron chi connectivity index (χ1n) is 6.40. The second-order valence-corrected chi connectivity index (χ2v) is 5.60. The highest BCUT2D eigenvalue weighted by atomic mass is 16.1. The molecule has 0 unspecified atom stereocenters. The van der Waals surface area contributed by atoms with E-state index in [2.05, 4.69) is 43.3 Å². The van der Waals surface area contributed by atoms with Crippen LogP contribution in [-0.4, -0.2) is 24.0 Å². The summed E-state index contributed by atoms with van der Waals surface area (Å²) in [4.78, 5) is 16.1. The number of nitrogens with zero attached hydrogens (tertiary/aromatic N) is 1. The zero-order chi connectivity index (χ0) is 13.6. The van der Waals surface area contributed by atoms with Crippen molar-refractivity contribution in [3.8, 4) is 0 Å². The Morgan fingerprint density at radius 3 is 2.72 bits per heavy atom. The number of rotatable bonds is 5. The first kappa shape index (κ1) is 14.5. The van der Waals surface area contributed by atoms with Crippen LogP contribution < -0.4 is 10.6 Å². The Hall–Kier alpha value is -1.58. The van der Waals surface area contributed by atoms with Crippen LogP contribution >= 0.6 is 0 Å². The number of amides is 1. The second kappa shape index (κ2) is 6.38. The zero-order valence-electron chi connectivity index (χ0n) is 11.7. The van der Waals surface area contributed by atoms with Gasteiger partial charge in [0.05, 0.1) is 0 Å². The lowest BCUT2D eigenvalue weighted by molar-refractivity contribution is 0.0939. The van der Waals surface area contributed by atoms with Crippen molar-refractivity contribution in [2.45, 2.75) is 34.1 Å². The summed E-state index contributed by atoms with van der Waals surface area (Å²) in [6.45, 7) is 9.88. The van der Waals surface area contributed by atoms with Crippen molar-refractivity contribution < 1.29 is 4.79 Å². The third kappa shape index (κ3) is 5.17. The highest BCUT2D eigenvalue weighted by Gasteiger charge is 2.13. The van der Waals surface area contributed by atoms with Crippen molar-refractivity contribution in [3.05, 3.63) is 23.9 Å². The average Bonchev–Trinajstić information content (AvgIpc) is 2.33. The van der Waals surface area contributed by atoms with Gasteiger partial charge in [0.2, 0.25) is 0 Å². The molecule has 0 radical (unpaired) electrons. The van der Waals surface area contributed by atoms with Gasteiger partial charge in [-0.25, -0.2) is 4.98 Å². The lowest BCUT2D eigenvalue weighted by Gasteiger charge is -2.18. The molecule has 0 aliphatic carbocycles. The van der Waals surface area contributed by atoms with E-state index in [0.29, 0.717) is 12.1 Å². The van der Waals surface area contributed by atoms with Crippen molar-refractivity contribution in [2.24, 2.45) is 5.41 Å². The lowest BCUT2D eigenvalue weighted by Crippen LogP contribution is -2.32. The highest BCUT2D eigenvalue weighted by Crippen LogP contribution is 2.12. The molecule has 0 aromatic carbocycles. The molecule has 0 aliphatic heterocycles. The molecule has 0 atom stereocenters. The van der Waals surface area contributed by atoms with Crippen molar-refractivity contribution in [1.82, 2.24) is 10.3 Å². The predicted octanol–water partition coefficient (Wildman–Crippen LogP) is 2.68. The molecule has 4 nitrogen and oxygen atoms in total. The van der Waals surface area contributed by atoms with Crippen LogP contribution in [0.25, 0.3) is 0 Å². The average molecular weight is 249 g/mol. The molecule has 100 valence electrons. The smallest absolute Gasteiger partial charge is 0.251 e. The molecule has 0 bridgehead atoms. The van der Waals surface area contributed by atoms with Crippen LogP contribution in [0.2, 0.25) is 0 Å². The van der Waals surface area contributed by atoms with E-state index in [0.717, 1.165) is 18.8 Å². The number of carbonyl (C=O) groups excluding carboxylic acids is 1. The van der Waals surface area contributed by atoms with Gasteiger partial charge in [0.15, 0.2) is 0 Å². The molecule has 1 aromatic rings. The first-order valence-corrected chi connectivity index (χ1v) is 6.40. The third-order valence-electron chi connectivity index (χ3n) is 2.36. The number of pyridine rings is 1. The van der Waals surface area contributed by atoms with Gasteiger partial charge in [0, 0.05) is 24.8 Å². The van der Waals surface area contributed by atoms with Crippen LogP contribution in [0.3, 0.4) is 0 Å². The number of carbonyl (C=O) groups is 1. The minimum atomic E-state index is -0.0492. The summed E-state index contributed by atoms with van der Waals surface area (Å²) in [5.41, 5.74) is 0.735. The van der Waals surface area contributed by atoms with Crippen LogP contribution in [0.15, 0.2) is 18.3 Å². The maximum atomic E-state index is 12.0. The van der Waals surface area contributed by atoms with Crippen LogP contribution in [0.4, 0.5) is 5.82 Å². The summed E-state index contributed by atoms with van der Waals surface area (Å²) in [5, 5.41) is 6.10. The molecule has 4 heteroatoms. The summed E-state index contributed by atoms with van der Waals surface area (Å²) in [6.07, 6.45) is 2.69. The first-order chi connectivity index (χ1) is 8.42. The summed E-state index contributed by atoms with van der Waals surface area (Å²) in [7, 11) is 0. The zero-order valence-corrected chi connectivity index (χ0v) is 11.7. The SMILES string of the molecule is CCCNc1cc(C(=O)NCC(C)(C)C)ccn1. The molecule has 1 heterocycles. The van der Waals surface area contributed by atoms with Gasteiger partial charge in [-0.05, 0) is 24.0 Å². The minimum Gasteiger partial charge on any atom is -0.370 e. The van der Waals surface area contributed by atoms with Gasteiger partial charge in [-0.15, -0.1) is 0 Å². The molecule has 1 aromatic heterocycles. The van der Waals surface area contributed by atoms with E-state index in [1.165, 1.54) is 0 Å². The van der Waals surface area contributed by atoms with E-state index in [1.807, 2.05) is 0 Å². The van der Waals surface area contributed by atoms with Gasteiger partial charge >= 0.3 is 0 Å². The van der Waals surface area contributed by atoms with Crippen LogP contribution in [0.5, 0.6) is 0 Å². The molecule has 0 saturated carbocycles. The van der Waals surface area contributed by atoms with Crippen molar-refractivity contribution in [1.29, 1.82) is 0 Å². The number of hydrogen-bond donors (Lipinski definition) is 2. The minimum absolute atomic E-state index is 0.0492. The molecular weight excluding hydrogens is 226 g/mol. The summed E-state index contributed by atoms with van der Waals surface area (Å²) in [6, 6.07) is 3.52. The number of hydrogen-bond acceptors (Lipinski definition) is 3. The Labute approximate surface area is 109 Å². The fourth-order valence-electron chi connectivity index (χ4n) is 1.37. The predicted molar refractivity (Wildman–Crippen MR) is 74.8 cm³/mol. The fourth-order valence-corrected chi connectivity index (χ4v) is 1.37. The Balaban J connectivity index is 2.62. The Morgan fingerprint density at radius 1 is 1.39 bits per heavy atom. The van der Waals surface area contributed by atoms with E-state index >= 15 is 0 Å². The maximum absolute atomic E-state index is 12.0. The number of anilines is 1. The van der Waals surface area contributed by atoms with Crippen molar-refractivity contribution in [3.63, 3.8) is 0 Å². The Morgan fingerprint density at radius 2 is 2.11 bits per heavy atom. The molecule has 0 spiro atoms. The number of nitrogens with one attached hydrogen (secondary N) is 2. The van der Waals surface area contributed by atoms with Gasteiger partial charge in [-0.3, -0.25) is 4.79 Å². The van der Waals surface area contributed by atoms with Gasteiger partial charge in [-0.1, -0.05) is 27.7 Å². The quantitative estimate of drug-likeness (QED) is 0.843. The summed E-state index contributed by atoms with van der Waals surface area (Å²) < 4.78 is 0. The van der Waals surface area contributed by atoms with E-state index in [1.54, 1.807) is 18.3 Å². The summed E-state index contributed by atoms with van der Waals surface area (Å²) >= 11 is 0. The lowest BCUT2D eigenvalue weighted by atomic mass is 9.97. The second-order valence-electron chi connectivity index (χ2n) is 5.60. The molecular formula is C14H23N3O. The Kier molecular flexibility index (Phi) is 5.13.